The van der Waals surface area contributed by atoms with Gasteiger partial charge in [0, 0.05) is 37.5 Å². The second-order valence-electron chi connectivity index (χ2n) is 4.32. The van der Waals surface area contributed by atoms with E-state index in [1.165, 1.54) is 20.1 Å². The second-order valence-corrected chi connectivity index (χ2v) is 4.32. The molecule has 1 amide bonds. The quantitative estimate of drug-likeness (QED) is 0.646. The van der Waals surface area contributed by atoms with Crippen LogP contribution in [0.25, 0.3) is 6.08 Å². The summed E-state index contributed by atoms with van der Waals surface area (Å²) in [5, 5.41) is 2.77. The van der Waals surface area contributed by atoms with E-state index in [-0.39, 0.29) is 11.9 Å². The predicted molar refractivity (Wildman–Crippen MR) is 73.6 cm³/mol. The molecule has 104 valence electrons. The van der Waals surface area contributed by atoms with Crippen LogP contribution in [0.2, 0.25) is 0 Å². The van der Waals surface area contributed by atoms with Crippen molar-refractivity contribution in [3.63, 3.8) is 0 Å². The molecule has 0 aliphatic rings. The molecule has 5 heteroatoms. The smallest absolute Gasteiger partial charge is 0.330 e. The first-order chi connectivity index (χ1) is 8.95. The number of nitrogens with zero attached hydrogens (tertiary/aromatic N) is 1. The molecule has 19 heavy (non-hydrogen) atoms. The van der Waals surface area contributed by atoms with Crippen LogP contribution in [0.15, 0.2) is 12.1 Å². The molecule has 1 rings (SSSR count). The third kappa shape index (κ3) is 4.28. The maximum Gasteiger partial charge on any atom is 0.330 e. The Labute approximate surface area is 113 Å². The molecule has 0 bridgehead atoms. The molecule has 0 spiro atoms. The molecule has 1 N–H and O–H groups in total. The number of hydrogen-bond donors (Lipinski definition) is 1. The molecule has 1 heterocycles. The largest absolute Gasteiger partial charge is 0.466 e. The fraction of sp³-hybridized carbons (Fsp3) is 0.429. The maximum atomic E-state index is 11.1. The molecule has 1 aromatic heterocycles. The van der Waals surface area contributed by atoms with Crippen molar-refractivity contribution in [1.29, 1.82) is 0 Å². The molecule has 0 unspecified atom stereocenters. The summed E-state index contributed by atoms with van der Waals surface area (Å²) in [5.74, 6) is -0.406. The minimum Gasteiger partial charge on any atom is -0.466 e. The minimum atomic E-state index is -0.372. The van der Waals surface area contributed by atoms with Crippen LogP contribution in [-0.4, -0.2) is 30.1 Å². The van der Waals surface area contributed by atoms with Crippen LogP contribution in [0.1, 0.15) is 23.9 Å². The molecule has 1 aromatic rings. The number of nitrogens with one attached hydrogen (secondary N) is 1. The summed E-state index contributed by atoms with van der Waals surface area (Å²) in [6.07, 6.45) is 3.14. The van der Waals surface area contributed by atoms with Gasteiger partial charge in [0.25, 0.3) is 0 Å². The van der Waals surface area contributed by atoms with E-state index in [4.69, 9.17) is 0 Å². The standard InChI is InChI=1S/C14H20N2O3/c1-10-9-13(5-6-14(18)19-4)11(2)16(10)8-7-15-12(3)17/h5-6,9H,7-8H2,1-4H3,(H,15,17). The van der Waals surface area contributed by atoms with Gasteiger partial charge in [-0.2, -0.15) is 0 Å². The van der Waals surface area contributed by atoms with Crippen molar-refractivity contribution in [3.8, 4) is 0 Å². The van der Waals surface area contributed by atoms with Crippen molar-refractivity contribution >= 4 is 18.0 Å². The van der Waals surface area contributed by atoms with Gasteiger partial charge in [-0.3, -0.25) is 4.79 Å². The van der Waals surface area contributed by atoms with Crippen molar-refractivity contribution in [2.75, 3.05) is 13.7 Å². The summed E-state index contributed by atoms with van der Waals surface area (Å²) in [4.78, 5) is 21.9. The topological polar surface area (TPSA) is 60.3 Å². The van der Waals surface area contributed by atoms with E-state index in [1.54, 1.807) is 6.08 Å². The molecule has 0 aliphatic carbocycles. The lowest BCUT2D eigenvalue weighted by Gasteiger charge is -2.09. The van der Waals surface area contributed by atoms with E-state index >= 15 is 0 Å². The molecular formula is C14H20N2O3. The highest BCUT2D eigenvalue weighted by molar-refractivity contribution is 5.87. The number of methoxy groups -OCH3 is 1. The van der Waals surface area contributed by atoms with Crippen LogP contribution in [0, 0.1) is 13.8 Å². The van der Waals surface area contributed by atoms with Crippen LogP contribution >= 0.6 is 0 Å². The van der Waals surface area contributed by atoms with E-state index in [0.29, 0.717) is 13.1 Å². The van der Waals surface area contributed by atoms with Gasteiger partial charge in [-0.1, -0.05) is 0 Å². The molecule has 0 atom stereocenters. The van der Waals surface area contributed by atoms with Crippen LogP contribution < -0.4 is 5.32 Å². The van der Waals surface area contributed by atoms with E-state index in [2.05, 4.69) is 14.6 Å². The lowest BCUT2D eigenvalue weighted by Crippen LogP contribution is -2.25. The molecular weight excluding hydrogens is 244 g/mol. The Balaban J connectivity index is 2.79. The summed E-state index contributed by atoms with van der Waals surface area (Å²) in [6.45, 7) is 6.78. The zero-order chi connectivity index (χ0) is 14.4. The van der Waals surface area contributed by atoms with Gasteiger partial charge in [0.05, 0.1) is 7.11 Å². The first kappa shape index (κ1) is 15.0. The zero-order valence-electron chi connectivity index (χ0n) is 11.8. The molecule has 0 fully saturated rings. The van der Waals surface area contributed by atoms with Crippen LogP contribution in [-0.2, 0) is 20.9 Å². The number of amides is 1. The van der Waals surface area contributed by atoms with Crippen molar-refractivity contribution in [3.05, 3.63) is 29.1 Å². The Morgan fingerprint density at radius 2 is 2.11 bits per heavy atom. The van der Waals surface area contributed by atoms with Gasteiger partial charge in [-0.05, 0) is 31.6 Å². The fourth-order valence-corrected chi connectivity index (χ4v) is 1.91. The highest BCUT2D eigenvalue weighted by Gasteiger charge is 2.07. The Morgan fingerprint density at radius 3 is 2.68 bits per heavy atom. The van der Waals surface area contributed by atoms with E-state index < -0.39 is 0 Å². The van der Waals surface area contributed by atoms with Gasteiger partial charge < -0.3 is 14.6 Å². The molecule has 0 saturated heterocycles. The van der Waals surface area contributed by atoms with Crippen LogP contribution in [0.4, 0.5) is 0 Å². The van der Waals surface area contributed by atoms with Gasteiger partial charge in [0.1, 0.15) is 0 Å². The second kappa shape index (κ2) is 6.78. The van der Waals surface area contributed by atoms with Gasteiger partial charge in [-0.15, -0.1) is 0 Å². The average molecular weight is 264 g/mol. The lowest BCUT2D eigenvalue weighted by atomic mass is 10.2. The van der Waals surface area contributed by atoms with Crippen LogP contribution in [0.5, 0.6) is 0 Å². The number of aryl methyl sites for hydroxylation is 1. The predicted octanol–water partition coefficient (Wildman–Crippen LogP) is 1.43. The van der Waals surface area contributed by atoms with Crippen molar-refractivity contribution in [2.24, 2.45) is 0 Å². The van der Waals surface area contributed by atoms with E-state index in [9.17, 15) is 9.59 Å². The van der Waals surface area contributed by atoms with Gasteiger partial charge >= 0.3 is 5.97 Å². The number of aromatic nitrogens is 1. The number of ether oxygens (including phenoxy) is 1. The zero-order valence-corrected chi connectivity index (χ0v) is 11.8. The molecule has 0 saturated carbocycles. The summed E-state index contributed by atoms with van der Waals surface area (Å²) in [7, 11) is 1.35. The summed E-state index contributed by atoms with van der Waals surface area (Å²) >= 11 is 0. The summed E-state index contributed by atoms with van der Waals surface area (Å²) < 4.78 is 6.66. The molecule has 0 radical (unpaired) electrons. The maximum absolute atomic E-state index is 11.1. The lowest BCUT2D eigenvalue weighted by molar-refractivity contribution is -0.134. The highest BCUT2D eigenvalue weighted by atomic mass is 16.5. The van der Waals surface area contributed by atoms with Crippen molar-refractivity contribution < 1.29 is 14.3 Å². The average Bonchev–Trinajstić information content (AvgIpc) is 2.62. The first-order valence-electron chi connectivity index (χ1n) is 6.13. The SMILES string of the molecule is COC(=O)C=Cc1cc(C)n(CCNC(C)=O)c1C. The normalized spacial score (nSPS) is 10.7. The first-order valence-corrected chi connectivity index (χ1v) is 6.13. The molecule has 5 nitrogen and oxygen atoms in total. The van der Waals surface area contributed by atoms with E-state index in [0.717, 1.165) is 17.0 Å². The molecule has 0 aliphatic heterocycles. The van der Waals surface area contributed by atoms with Gasteiger partial charge in [0.2, 0.25) is 5.91 Å². The van der Waals surface area contributed by atoms with Crippen molar-refractivity contribution in [1.82, 2.24) is 9.88 Å². The Bertz CT molecular complexity index is 501. The number of carbonyl (C=O) groups is 2. The monoisotopic (exact) mass is 264 g/mol. The Hall–Kier alpha value is -2.04. The van der Waals surface area contributed by atoms with Crippen molar-refractivity contribution in [2.45, 2.75) is 27.3 Å². The van der Waals surface area contributed by atoms with Gasteiger partial charge in [-0.25, -0.2) is 4.79 Å². The van der Waals surface area contributed by atoms with Gasteiger partial charge in [0.15, 0.2) is 0 Å². The highest BCUT2D eigenvalue weighted by Crippen LogP contribution is 2.16. The van der Waals surface area contributed by atoms with E-state index in [1.807, 2.05) is 19.9 Å². The molecule has 0 aromatic carbocycles. The summed E-state index contributed by atoms with van der Waals surface area (Å²) in [5.41, 5.74) is 3.13. The number of rotatable bonds is 5. The minimum absolute atomic E-state index is 0.0340. The van der Waals surface area contributed by atoms with Crippen LogP contribution in [0.3, 0.4) is 0 Å². The summed E-state index contributed by atoms with van der Waals surface area (Å²) in [6, 6.07) is 2.00. The Morgan fingerprint density at radius 1 is 1.42 bits per heavy atom. The fourth-order valence-electron chi connectivity index (χ4n) is 1.91. The third-order valence-electron chi connectivity index (χ3n) is 2.92. The Kier molecular flexibility index (Phi) is 5.36. The number of carbonyl (C=O) groups excluding carboxylic acids is 2. The number of hydrogen-bond acceptors (Lipinski definition) is 3. The number of esters is 1. The third-order valence-corrected chi connectivity index (χ3v) is 2.92.